The van der Waals surface area contributed by atoms with Crippen molar-refractivity contribution in [3.8, 4) is 0 Å². The van der Waals surface area contributed by atoms with Gasteiger partial charge in [0.1, 0.15) is 4.99 Å². The Bertz CT molecular complexity index is 694. The van der Waals surface area contributed by atoms with Gasteiger partial charge in [0.25, 0.3) is 0 Å². The zero-order valence-electron chi connectivity index (χ0n) is 10.6. The van der Waals surface area contributed by atoms with E-state index in [-0.39, 0.29) is 10.7 Å². The van der Waals surface area contributed by atoms with Crippen LogP contribution in [0.5, 0.6) is 0 Å². The smallest absolute Gasteiger partial charge is 0.216 e. The van der Waals surface area contributed by atoms with Gasteiger partial charge in [0.2, 0.25) is 10.0 Å². The fourth-order valence-corrected chi connectivity index (χ4v) is 3.64. The average Bonchev–Trinajstić information content (AvgIpc) is 2.89. The van der Waals surface area contributed by atoms with Crippen molar-refractivity contribution in [2.24, 2.45) is 5.73 Å². The van der Waals surface area contributed by atoms with E-state index in [1.165, 1.54) is 11.3 Å². The fraction of sp³-hybridized carbons (Fsp3) is 0.154. The van der Waals surface area contributed by atoms with Gasteiger partial charge < -0.3 is 5.73 Å². The number of hydrogen-bond donors (Lipinski definition) is 2. The molecule has 0 aliphatic rings. The van der Waals surface area contributed by atoms with E-state index in [2.05, 4.69) is 4.72 Å². The van der Waals surface area contributed by atoms with Crippen molar-refractivity contribution >= 4 is 38.6 Å². The molecule has 2 rings (SSSR count). The first-order chi connectivity index (χ1) is 9.46. The zero-order valence-corrected chi connectivity index (χ0v) is 13.0. The lowest BCUT2D eigenvalue weighted by molar-refractivity contribution is 0.581. The Kier molecular flexibility index (Phi) is 4.87. The number of sulfonamides is 1. The second kappa shape index (κ2) is 6.45. The Hall–Kier alpha value is -1.28. The largest absolute Gasteiger partial charge is 0.389 e. The molecule has 1 aromatic heterocycles. The molecule has 0 aliphatic heterocycles. The van der Waals surface area contributed by atoms with E-state index < -0.39 is 10.0 Å². The molecule has 0 amide bonds. The van der Waals surface area contributed by atoms with Crippen LogP contribution in [0.2, 0.25) is 0 Å². The van der Waals surface area contributed by atoms with Crippen molar-refractivity contribution in [1.29, 1.82) is 0 Å². The summed E-state index contributed by atoms with van der Waals surface area (Å²) in [4.78, 5) is 1.24. The van der Waals surface area contributed by atoms with Crippen LogP contribution in [0.25, 0.3) is 0 Å². The first-order valence-electron chi connectivity index (χ1n) is 5.85. The lowest BCUT2D eigenvalue weighted by Gasteiger charge is -2.07. The van der Waals surface area contributed by atoms with Gasteiger partial charge in [0.05, 0.1) is 5.75 Å². The van der Waals surface area contributed by atoms with Crippen molar-refractivity contribution in [2.45, 2.75) is 12.3 Å². The standard InChI is InChI=1S/C13H14N2O2S3/c14-13(18)11-4-1-3-10(7-11)9-20(16,17)15-8-12-5-2-6-19-12/h1-7,15H,8-9H2,(H2,14,18). The third-order valence-corrected chi connectivity index (χ3v) is 5.02. The van der Waals surface area contributed by atoms with E-state index in [0.29, 0.717) is 17.7 Å². The number of thiocarbonyl (C=S) groups is 1. The minimum atomic E-state index is -3.38. The lowest BCUT2D eigenvalue weighted by Crippen LogP contribution is -2.24. The summed E-state index contributed by atoms with van der Waals surface area (Å²) in [7, 11) is -3.38. The Balaban J connectivity index is 2.04. The molecule has 1 aromatic carbocycles. The number of thiophene rings is 1. The quantitative estimate of drug-likeness (QED) is 0.797. The van der Waals surface area contributed by atoms with E-state index >= 15 is 0 Å². The van der Waals surface area contributed by atoms with Crippen LogP contribution in [0.4, 0.5) is 0 Å². The van der Waals surface area contributed by atoms with Crippen molar-refractivity contribution in [3.05, 3.63) is 57.8 Å². The summed E-state index contributed by atoms with van der Waals surface area (Å²) in [6.45, 7) is 0.314. The molecule has 0 radical (unpaired) electrons. The maximum Gasteiger partial charge on any atom is 0.216 e. The molecule has 7 heteroatoms. The monoisotopic (exact) mass is 326 g/mol. The lowest BCUT2D eigenvalue weighted by atomic mass is 10.1. The number of nitrogens with two attached hydrogens (primary N) is 1. The predicted octanol–water partition coefficient (Wildman–Crippen LogP) is 2.00. The zero-order chi connectivity index (χ0) is 14.6. The minimum Gasteiger partial charge on any atom is -0.389 e. The number of benzene rings is 1. The molecule has 0 atom stereocenters. The third-order valence-electron chi connectivity index (χ3n) is 2.61. The summed E-state index contributed by atoms with van der Waals surface area (Å²) in [6, 6.07) is 10.7. The first kappa shape index (κ1) is 15.1. The van der Waals surface area contributed by atoms with Crippen LogP contribution in [-0.2, 0) is 22.3 Å². The van der Waals surface area contributed by atoms with Crippen LogP contribution in [0.3, 0.4) is 0 Å². The molecule has 0 unspecified atom stereocenters. The van der Waals surface area contributed by atoms with E-state index in [1.54, 1.807) is 24.3 Å². The van der Waals surface area contributed by atoms with Crippen molar-refractivity contribution in [1.82, 2.24) is 4.72 Å². The van der Waals surface area contributed by atoms with Crippen LogP contribution in [0, 0.1) is 0 Å². The summed E-state index contributed by atoms with van der Waals surface area (Å²) < 4.78 is 26.6. The van der Waals surface area contributed by atoms with Crippen LogP contribution in [0.15, 0.2) is 41.8 Å². The van der Waals surface area contributed by atoms with Gasteiger partial charge in [-0.15, -0.1) is 11.3 Å². The topological polar surface area (TPSA) is 72.2 Å². The van der Waals surface area contributed by atoms with Crippen LogP contribution in [0.1, 0.15) is 16.0 Å². The van der Waals surface area contributed by atoms with Crippen LogP contribution in [-0.4, -0.2) is 13.4 Å². The van der Waals surface area contributed by atoms with Gasteiger partial charge in [-0.3, -0.25) is 0 Å². The molecule has 2 aromatic rings. The Morgan fingerprint density at radius 1 is 1.30 bits per heavy atom. The Morgan fingerprint density at radius 3 is 2.75 bits per heavy atom. The molecule has 0 spiro atoms. The van der Waals surface area contributed by atoms with Gasteiger partial charge in [-0.05, 0) is 23.1 Å². The normalized spacial score (nSPS) is 11.4. The molecule has 0 bridgehead atoms. The molecular weight excluding hydrogens is 312 g/mol. The molecule has 0 saturated carbocycles. The minimum absolute atomic E-state index is 0.0885. The molecule has 1 heterocycles. The fourth-order valence-electron chi connectivity index (χ4n) is 1.68. The molecular formula is C13H14N2O2S3. The number of nitrogens with one attached hydrogen (secondary N) is 1. The van der Waals surface area contributed by atoms with Gasteiger partial charge in [-0.25, -0.2) is 13.1 Å². The van der Waals surface area contributed by atoms with Gasteiger partial charge in [0.15, 0.2) is 0 Å². The second-order valence-corrected chi connectivity index (χ2v) is 7.50. The van der Waals surface area contributed by atoms with Crippen molar-refractivity contribution in [2.75, 3.05) is 0 Å². The molecule has 4 nitrogen and oxygen atoms in total. The third kappa shape index (κ3) is 4.38. The highest BCUT2D eigenvalue weighted by molar-refractivity contribution is 7.88. The van der Waals surface area contributed by atoms with Gasteiger partial charge in [-0.2, -0.15) is 0 Å². The van der Waals surface area contributed by atoms with Crippen LogP contribution < -0.4 is 10.5 Å². The van der Waals surface area contributed by atoms with E-state index in [1.807, 2.05) is 17.5 Å². The summed E-state index contributed by atoms with van der Waals surface area (Å²) >= 11 is 6.40. The number of hydrogen-bond acceptors (Lipinski definition) is 4. The number of rotatable bonds is 6. The molecule has 0 fully saturated rings. The van der Waals surface area contributed by atoms with E-state index in [4.69, 9.17) is 18.0 Å². The van der Waals surface area contributed by atoms with Gasteiger partial charge in [-0.1, -0.05) is 36.5 Å². The molecule has 106 valence electrons. The maximum atomic E-state index is 12.0. The maximum absolute atomic E-state index is 12.0. The van der Waals surface area contributed by atoms with Crippen molar-refractivity contribution < 1.29 is 8.42 Å². The molecule has 20 heavy (non-hydrogen) atoms. The Morgan fingerprint density at radius 2 is 2.10 bits per heavy atom. The van der Waals surface area contributed by atoms with Crippen LogP contribution >= 0.6 is 23.6 Å². The SMILES string of the molecule is NC(=S)c1cccc(CS(=O)(=O)NCc2cccs2)c1. The van der Waals surface area contributed by atoms with E-state index in [0.717, 1.165) is 4.88 Å². The van der Waals surface area contributed by atoms with Gasteiger partial charge in [0, 0.05) is 17.0 Å². The van der Waals surface area contributed by atoms with Gasteiger partial charge >= 0.3 is 0 Å². The summed E-state index contributed by atoms with van der Waals surface area (Å²) in [5.41, 5.74) is 6.87. The highest BCUT2D eigenvalue weighted by Crippen LogP contribution is 2.11. The predicted molar refractivity (Wildman–Crippen MR) is 86.1 cm³/mol. The van der Waals surface area contributed by atoms with Crippen molar-refractivity contribution in [3.63, 3.8) is 0 Å². The summed E-state index contributed by atoms with van der Waals surface area (Å²) in [6.07, 6.45) is 0. The molecule has 3 N–H and O–H groups in total. The Labute approximate surface area is 127 Å². The highest BCUT2D eigenvalue weighted by Gasteiger charge is 2.12. The highest BCUT2D eigenvalue weighted by atomic mass is 32.2. The molecule has 0 saturated heterocycles. The molecule has 0 aliphatic carbocycles. The second-order valence-electron chi connectivity index (χ2n) is 4.22. The summed E-state index contributed by atoms with van der Waals surface area (Å²) in [5, 5.41) is 1.91. The summed E-state index contributed by atoms with van der Waals surface area (Å²) in [5.74, 6) is -0.0885. The first-order valence-corrected chi connectivity index (χ1v) is 8.79. The average molecular weight is 326 g/mol. The van der Waals surface area contributed by atoms with E-state index in [9.17, 15) is 8.42 Å².